The minimum Gasteiger partial charge on any atom is -0.505 e. The van der Waals surface area contributed by atoms with Crippen LogP contribution >= 0.6 is 11.6 Å². The van der Waals surface area contributed by atoms with Crippen LogP contribution in [0.4, 0.5) is 4.39 Å². The van der Waals surface area contributed by atoms with E-state index in [1.165, 1.54) is 12.1 Å². The van der Waals surface area contributed by atoms with Crippen LogP contribution in [0.2, 0.25) is 5.02 Å². The highest BCUT2D eigenvalue weighted by atomic mass is 35.5. The Morgan fingerprint density at radius 3 is 2.77 bits per heavy atom. The molecule has 1 unspecified atom stereocenters. The molecule has 0 radical (unpaired) electrons. The molecule has 0 spiro atoms. The minimum absolute atomic E-state index is 0.195. The van der Waals surface area contributed by atoms with Gasteiger partial charge in [0.2, 0.25) is 0 Å². The van der Waals surface area contributed by atoms with Gasteiger partial charge in [-0.05, 0) is 24.6 Å². The summed E-state index contributed by atoms with van der Waals surface area (Å²) in [7, 11) is 0. The van der Waals surface area contributed by atoms with E-state index < -0.39 is 5.82 Å². The zero-order chi connectivity index (χ0) is 10.0. The lowest BCUT2D eigenvalue weighted by molar-refractivity contribution is 0.426. The molecule has 0 aliphatic carbocycles. The third-order valence-corrected chi connectivity index (χ3v) is 2.28. The zero-order valence-corrected chi connectivity index (χ0v) is 7.98. The van der Waals surface area contributed by atoms with Crippen molar-refractivity contribution in [1.29, 1.82) is 0 Å². The van der Waals surface area contributed by atoms with Crippen LogP contribution in [0.1, 0.15) is 18.4 Å². The van der Waals surface area contributed by atoms with Crippen molar-refractivity contribution in [1.82, 2.24) is 0 Å². The number of benzene rings is 1. The van der Waals surface area contributed by atoms with E-state index in [0.717, 1.165) is 0 Å². The van der Waals surface area contributed by atoms with Gasteiger partial charge in [-0.2, -0.15) is 0 Å². The molecule has 0 saturated heterocycles. The van der Waals surface area contributed by atoms with Crippen LogP contribution in [-0.4, -0.2) is 11.7 Å². The molecule has 0 heterocycles. The summed E-state index contributed by atoms with van der Waals surface area (Å²) >= 11 is 5.77. The first kappa shape index (κ1) is 10.3. The number of nitrogens with two attached hydrogens (primary N) is 1. The maximum atomic E-state index is 13.3. The number of phenolic OH excluding ortho intramolecular Hbond substituents is 1. The maximum Gasteiger partial charge on any atom is 0.169 e. The Bertz CT molecular complexity index is 317. The van der Waals surface area contributed by atoms with Crippen molar-refractivity contribution in [3.05, 3.63) is 28.5 Å². The highest BCUT2D eigenvalue weighted by molar-refractivity contribution is 6.31. The van der Waals surface area contributed by atoms with Crippen LogP contribution in [-0.2, 0) is 0 Å². The summed E-state index contributed by atoms with van der Waals surface area (Å²) in [6.07, 6.45) is 0. The van der Waals surface area contributed by atoms with Gasteiger partial charge in [-0.3, -0.25) is 0 Å². The molecule has 1 aromatic carbocycles. The average molecular weight is 204 g/mol. The standard InChI is InChI=1S/C9H11ClFNO/c1-5(4-12)8-6(10)2-3-7(13)9(8)11/h2-3,5,13H,4,12H2,1H3. The van der Waals surface area contributed by atoms with E-state index in [1.54, 1.807) is 6.92 Å². The molecule has 3 N–H and O–H groups in total. The third kappa shape index (κ3) is 1.92. The number of hydrogen-bond donors (Lipinski definition) is 2. The third-order valence-electron chi connectivity index (χ3n) is 1.95. The molecule has 13 heavy (non-hydrogen) atoms. The molecular formula is C9H11ClFNO. The summed E-state index contributed by atoms with van der Waals surface area (Å²) < 4.78 is 13.3. The highest BCUT2D eigenvalue weighted by Crippen LogP contribution is 2.31. The summed E-state index contributed by atoms with van der Waals surface area (Å²) in [4.78, 5) is 0. The predicted octanol–water partition coefficient (Wildman–Crippen LogP) is 2.25. The van der Waals surface area contributed by atoms with Gasteiger partial charge in [-0.25, -0.2) is 4.39 Å². The Labute approximate surface area is 81.1 Å². The molecule has 72 valence electrons. The predicted molar refractivity (Wildman–Crippen MR) is 50.5 cm³/mol. The van der Waals surface area contributed by atoms with E-state index >= 15 is 0 Å². The van der Waals surface area contributed by atoms with Gasteiger partial charge in [0.25, 0.3) is 0 Å². The van der Waals surface area contributed by atoms with Crippen molar-refractivity contribution < 1.29 is 9.50 Å². The molecule has 4 heteroatoms. The Morgan fingerprint density at radius 1 is 1.62 bits per heavy atom. The second-order valence-corrected chi connectivity index (χ2v) is 3.34. The lowest BCUT2D eigenvalue weighted by Gasteiger charge is -2.12. The van der Waals surface area contributed by atoms with E-state index in [9.17, 15) is 4.39 Å². The fourth-order valence-corrected chi connectivity index (χ4v) is 1.46. The van der Waals surface area contributed by atoms with Crippen LogP contribution in [0.3, 0.4) is 0 Å². The molecule has 1 rings (SSSR count). The molecule has 0 aromatic heterocycles. The summed E-state index contributed by atoms with van der Waals surface area (Å²) in [6.45, 7) is 2.05. The van der Waals surface area contributed by atoms with Crippen molar-refractivity contribution >= 4 is 11.6 Å². The van der Waals surface area contributed by atoms with Gasteiger partial charge in [-0.1, -0.05) is 18.5 Å². The number of rotatable bonds is 2. The van der Waals surface area contributed by atoms with Crippen molar-refractivity contribution in [2.24, 2.45) is 5.73 Å². The fraction of sp³-hybridized carbons (Fsp3) is 0.333. The smallest absolute Gasteiger partial charge is 0.169 e. The van der Waals surface area contributed by atoms with Crippen LogP contribution < -0.4 is 5.73 Å². The zero-order valence-electron chi connectivity index (χ0n) is 7.22. The summed E-state index contributed by atoms with van der Waals surface area (Å²) in [6, 6.07) is 2.69. The van der Waals surface area contributed by atoms with Crippen molar-refractivity contribution in [2.75, 3.05) is 6.54 Å². The second kappa shape index (κ2) is 3.94. The summed E-state index contributed by atoms with van der Waals surface area (Å²) in [5.41, 5.74) is 5.67. The van der Waals surface area contributed by atoms with E-state index in [-0.39, 0.29) is 17.2 Å². The summed E-state index contributed by atoms with van der Waals surface area (Å²) in [5.74, 6) is -1.26. The van der Waals surface area contributed by atoms with Gasteiger partial charge in [0.05, 0.1) is 0 Å². The van der Waals surface area contributed by atoms with E-state index in [4.69, 9.17) is 22.4 Å². The van der Waals surface area contributed by atoms with Crippen molar-refractivity contribution in [3.8, 4) is 5.75 Å². The Morgan fingerprint density at radius 2 is 2.23 bits per heavy atom. The molecule has 0 bridgehead atoms. The van der Waals surface area contributed by atoms with Crippen LogP contribution in [0, 0.1) is 5.82 Å². The maximum absolute atomic E-state index is 13.3. The second-order valence-electron chi connectivity index (χ2n) is 2.93. The SMILES string of the molecule is CC(CN)c1c(Cl)ccc(O)c1F. The highest BCUT2D eigenvalue weighted by Gasteiger charge is 2.16. The fourth-order valence-electron chi connectivity index (χ4n) is 1.13. The number of aromatic hydroxyl groups is 1. The first-order valence-corrected chi connectivity index (χ1v) is 4.32. The number of halogens is 2. The molecular weight excluding hydrogens is 193 g/mol. The van der Waals surface area contributed by atoms with E-state index in [0.29, 0.717) is 11.6 Å². The molecule has 2 nitrogen and oxygen atoms in total. The Balaban J connectivity index is 3.25. The largest absolute Gasteiger partial charge is 0.505 e. The molecule has 1 aromatic rings. The molecule has 0 aliphatic heterocycles. The first-order valence-electron chi connectivity index (χ1n) is 3.94. The van der Waals surface area contributed by atoms with Crippen LogP contribution in [0.25, 0.3) is 0 Å². The minimum atomic E-state index is -0.676. The number of phenols is 1. The van der Waals surface area contributed by atoms with Crippen LogP contribution in [0.15, 0.2) is 12.1 Å². The van der Waals surface area contributed by atoms with Crippen LogP contribution in [0.5, 0.6) is 5.75 Å². The number of hydrogen-bond acceptors (Lipinski definition) is 2. The normalized spacial score (nSPS) is 12.9. The van der Waals surface area contributed by atoms with Gasteiger partial charge in [-0.15, -0.1) is 0 Å². The summed E-state index contributed by atoms with van der Waals surface area (Å²) in [5, 5.41) is 9.39. The Kier molecular flexibility index (Phi) is 3.12. The molecule has 0 aliphatic rings. The van der Waals surface area contributed by atoms with Gasteiger partial charge in [0, 0.05) is 10.6 Å². The molecule has 0 fully saturated rings. The molecule has 0 amide bonds. The van der Waals surface area contributed by atoms with Gasteiger partial charge >= 0.3 is 0 Å². The lowest BCUT2D eigenvalue weighted by atomic mass is 10.0. The van der Waals surface area contributed by atoms with Gasteiger partial charge in [0.1, 0.15) is 0 Å². The first-order chi connectivity index (χ1) is 6.07. The van der Waals surface area contributed by atoms with Gasteiger partial charge < -0.3 is 10.8 Å². The molecule has 0 saturated carbocycles. The topological polar surface area (TPSA) is 46.2 Å². The van der Waals surface area contributed by atoms with Gasteiger partial charge in [0.15, 0.2) is 11.6 Å². The average Bonchev–Trinajstić information content (AvgIpc) is 2.12. The quantitative estimate of drug-likeness (QED) is 0.775. The molecule has 1 atom stereocenters. The van der Waals surface area contributed by atoms with Crippen molar-refractivity contribution in [2.45, 2.75) is 12.8 Å². The Hall–Kier alpha value is -0.800. The van der Waals surface area contributed by atoms with E-state index in [1.807, 2.05) is 0 Å². The lowest BCUT2D eigenvalue weighted by Crippen LogP contribution is -2.11. The van der Waals surface area contributed by atoms with E-state index in [2.05, 4.69) is 0 Å². The van der Waals surface area contributed by atoms with Crippen molar-refractivity contribution in [3.63, 3.8) is 0 Å². The monoisotopic (exact) mass is 203 g/mol.